The van der Waals surface area contributed by atoms with Gasteiger partial charge in [-0.2, -0.15) is 0 Å². The van der Waals surface area contributed by atoms with Crippen LogP contribution in [-0.2, 0) is 12.8 Å². The number of hydrogen-bond donors (Lipinski definition) is 0. The van der Waals surface area contributed by atoms with Crippen LogP contribution < -0.4 is 0 Å². The minimum Gasteiger partial charge on any atom is -0.289 e. The molecule has 0 spiro atoms. The van der Waals surface area contributed by atoms with Crippen molar-refractivity contribution in [3.8, 4) is 11.1 Å². The minimum atomic E-state index is 0.247. The molecule has 2 aliphatic rings. The van der Waals surface area contributed by atoms with Crippen molar-refractivity contribution in [2.45, 2.75) is 39.5 Å². The molecule has 0 saturated carbocycles. The maximum atomic E-state index is 12.8. The average molecular weight is 262 g/mol. The maximum Gasteiger partial charge on any atom is 0.194 e. The molecule has 2 aromatic rings. The first-order valence-electron chi connectivity index (χ1n) is 7.48. The molecule has 0 radical (unpaired) electrons. The van der Waals surface area contributed by atoms with Gasteiger partial charge in [-0.1, -0.05) is 23.8 Å². The van der Waals surface area contributed by atoms with Crippen molar-refractivity contribution < 1.29 is 4.79 Å². The van der Waals surface area contributed by atoms with Crippen LogP contribution in [0.3, 0.4) is 0 Å². The van der Waals surface area contributed by atoms with Crippen molar-refractivity contribution in [2.24, 2.45) is 0 Å². The van der Waals surface area contributed by atoms with Gasteiger partial charge >= 0.3 is 0 Å². The van der Waals surface area contributed by atoms with Crippen molar-refractivity contribution in [1.29, 1.82) is 0 Å². The van der Waals surface area contributed by atoms with E-state index in [-0.39, 0.29) is 5.78 Å². The van der Waals surface area contributed by atoms with Gasteiger partial charge < -0.3 is 0 Å². The SMILES string of the molecule is Cc1ccc2c(c1)C(=O)c1c-2cc(C)c2c1CCCC2. The van der Waals surface area contributed by atoms with E-state index in [1.54, 1.807) is 0 Å². The van der Waals surface area contributed by atoms with Crippen molar-refractivity contribution in [3.63, 3.8) is 0 Å². The molecule has 0 N–H and O–H groups in total. The maximum absolute atomic E-state index is 12.8. The highest BCUT2D eigenvalue weighted by Gasteiger charge is 2.31. The van der Waals surface area contributed by atoms with Crippen LogP contribution in [0, 0.1) is 13.8 Å². The first kappa shape index (κ1) is 11.9. The number of benzene rings is 2. The summed E-state index contributed by atoms with van der Waals surface area (Å²) >= 11 is 0. The van der Waals surface area contributed by atoms with Crippen LogP contribution in [0.25, 0.3) is 11.1 Å². The Hall–Kier alpha value is -1.89. The zero-order valence-corrected chi connectivity index (χ0v) is 12.0. The molecule has 100 valence electrons. The molecule has 4 rings (SSSR count). The zero-order chi connectivity index (χ0) is 13.9. The van der Waals surface area contributed by atoms with Crippen LogP contribution in [0.15, 0.2) is 24.3 Å². The zero-order valence-electron chi connectivity index (χ0n) is 12.0. The summed E-state index contributed by atoms with van der Waals surface area (Å²) in [6.07, 6.45) is 4.67. The highest BCUT2D eigenvalue weighted by atomic mass is 16.1. The summed E-state index contributed by atoms with van der Waals surface area (Å²) in [4.78, 5) is 12.8. The molecular weight excluding hydrogens is 244 g/mol. The van der Waals surface area contributed by atoms with Crippen LogP contribution in [0.1, 0.15) is 51.0 Å². The molecule has 0 aromatic heterocycles. The van der Waals surface area contributed by atoms with Gasteiger partial charge in [-0.25, -0.2) is 0 Å². The number of aryl methyl sites for hydroxylation is 2. The Bertz CT molecular complexity index is 753. The first-order chi connectivity index (χ1) is 9.66. The summed E-state index contributed by atoms with van der Waals surface area (Å²) in [5.41, 5.74) is 9.51. The number of carbonyl (C=O) groups is 1. The second-order valence-electron chi connectivity index (χ2n) is 6.16. The van der Waals surface area contributed by atoms with E-state index in [4.69, 9.17) is 0 Å². The second-order valence-corrected chi connectivity index (χ2v) is 6.16. The molecule has 20 heavy (non-hydrogen) atoms. The van der Waals surface area contributed by atoms with Gasteiger partial charge in [0.25, 0.3) is 0 Å². The third kappa shape index (κ3) is 1.46. The molecule has 1 heteroatoms. The van der Waals surface area contributed by atoms with Crippen LogP contribution in [0.4, 0.5) is 0 Å². The van der Waals surface area contributed by atoms with Gasteiger partial charge in [-0.15, -0.1) is 0 Å². The Morgan fingerprint density at radius 3 is 2.40 bits per heavy atom. The van der Waals surface area contributed by atoms with Gasteiger partial charge in [-0.05, 0) is 73.4 Å². The lowest BCUT2D eigenvalue weighted by Crippen LogP contribution is -2.11. The molecule has 0 atom stereocenters. The van der Waals surface area contributed by atoms with E-state index in [2.05, 4.69) is 32.0 Å². The fourth-order valence-corrected chi connectivity index (χ4v) is 3.84. The van der Waals surface area contributed by atoms with Gasteiger partial charge in [0.15, 0.2) is 5.78 Å². The molecule has 0 bridgehead atoms. The molecule has 2 aromatic carbocycles. The number of rotatable bonds is 0. The lowest BCUT2D eigenvalue weighted by atomic mass is 9.83. The van der Waals surface area contributed by atoms with Crippen LogP contribution in [0.5, 0.6) is 0 Å². The quantitative estimate of drug-likeness (QED) is 0.587. The molecule has 0 saturated heterocycles. The van der Waals surface area contributed by atoms with E-state index >= 15 is 0 Å². The molecule has 0 fully saturated rings. The Morgan fingerprint density at radius 1 is 0.850 bits per heavy atom. The predicted molar refractivity (Wildman–Crippen MR) is 81.4 cm³/mol. The van der Waals surface area contributed by atoms with Crippen LogP contribution >= 0.6 is 0 Å². The van der Waals surface area contributed by atoms with Gasteiger partial charge in [0.1, 0.15) is 0 Å². The molecule has 1 nitrogen and oxygen atoms in total. The van der Waals surface area contributed by atoms with E-state index in [1.165, 1.54) is 35.1 Å². The Kier molecular flexibility index (Phi) is 2.41. The predicted octanol–water partition coefficient (Wildman–Crippen LogP) is 4.39. The highest BCUT2D eigenvalue weighted by Crippen LogP contribution is 2.42. The van der Waals surface area contributed by atoms with E-state index in [9.17, 15) is 4.79 Å². The van der Waals surface area contributed by atoms with Crippen LogP contribution in [0.2, 0.25) is 0 Å². The minimum absolute atomic E-state index is 0.247. The van der Waals surface area contributed by atoms with Gasteiger partial charge in [-0.3, -0.25) is 4.79 Å². The monoisotopic (exact) mass is 262 g/mol. The van der Waals surface area contributed by atoms with Gasteiger partial charge in [0, 0.05) is 11.1 Å². The fourth-order valence-electron chi connectivity index (χ4n) is 3.84. The Balaban J connectivity index is 2.05. The van der Waals surface area contributed by atoms with E-state index in [0.717, 1.165) is 35.1 Å². The van der Waals surface area contributed by atoms with Crippen molar-refractivity contribution in [3.05, 3.63) is 57.6 Å². The fraction of sp³-hybridized carbons (Fsp3) is 0.316. The summed E-state index contributed by atoms with van der Waals surface area (Å²) < 4.78 is 0. The molecular formula is C19H18O. The van der Waals surface area contributed by atoms with E-state index in [0.29, 0.717) is 0 Å². The number of ketones is 1. The summed E-state index contributed by atoms with van der Waals surface area (Å²) in [6.45, 7) is 4.25. The molecule has 0 amide bonds. The number of carbonyl (C=O) groups excluding carboxylic acids is 1. The number of fused-ring (bicyclic) bond motifs is 5. The Morgan fingerprint density at radius 2 is 1.60 bits per heavy atom. The number of hydrogen-bond acceptors (Lipinski definition) is 1. The summed E-state index contributed by atoms with van der Waals surface area (Å²) in [7, 11) is 0. The normalized spacial score (nSPS) is 15.8. The average Bonchev–Trinajstić information content (AvgIpc) is 2.72. The smallest absolute Gasteiger partial charge is 0.194 e. The van der Waals surface area contributed by atoms with Gasteiger partial charge in [0.2, 0.25) is 0 Å². The Labute approximate surface area is 119 Å². The second kappa shape index (κ2) is 4.05. The van der Waals surface area contributed by atoms with Crippen molar-refractivity contribution in [2.75, 3.05) is 0 Å². The lowest BCUT2D eigenvalue weighted by Gasteiger charge is -2.21. The largest absolute Gasteiger partial charge is 0.289 e. The summed E-state index contributed by atoms with van der Waals surface area (Å²) in [6, 6.07) is 8.50. The highest BCUT2D eigenvalue weighted by molar-refractivity contribution is 6.22. The summed E-state index contributed by atoms with van der Waals surface area (Å²) in [5.74, 6) is 0.247. The van der Waals surface area contributed by atoms with Crippen molar-refractivity contribution >= 4 is 5.78 Å². The topological polar surface area (TPSA) is 17.1 Å². The van der Waals surface area contributed by atoms with E-state index < -0.39 is 0 Å². The lowest BCUT2D eigenvalue weighted by molar-refractivity contribution is 0.104. The third-order valence-electron chi connectivity index (χ3n) is 4.81. The standard InChI is InChI=1S/C19H18O/c1-11-7-8-14-16-10-12(2)13-5-3-4-6-15(13)18(16)19(20)17(14)9-11/h7-10H,3-6H2,1-2H3. The third-order valence-corrected chi connectivity index (χ3v) is 4.81. The molecule has 0 heterocycles. The van der Waals surface area contributed by atoms with Crippen molar-refractivity contribution in [1.82, 2.24) is 0 Å². The summed E-state index contributed by atoms with van der Waals surface area (Å²) in [5, 5.41) is 0. The van der Waals surface area contributed by atoms with Crippen LogP contribution in [-0.4, -0.2) is 5.78 Å². The van der Waals surface area contributed by atoms with E-state index in [1.807, 2.05) is 6.07 Å². The molecule has 0 unspecified atom stereocenters. The first-order valence-corrected chi connectivity index (χ1v) is 7.48. The molecule has 2 aliphatic carbocycles. The van der Waals surface area contributed by atoms with Gasteiger partial charge in [0.05, 0.1) is 0 Å². The molecule has 0 aliphatic heterocycles.